The number of nitro benzene ring substituents is 1. The Labute approximate surface area is 190 Å². The van der Waals surface area contributed by atoms with Crippen molar-refractivity contribution in [1.29, 1.82) is 0 Å². The number of nitrogens with one attached hydrogen (secondary N) is 1. The van der Waals surface area contributed by atoms with Gasteiger partial charge in [-0.1, -0.05) is 22.0 Å². The van der Waals surface area contributed by atoms with E-state index in [1.54, 1.807) is 6.07 Å². The van der Waals surface area contributed by atoms with E-state index in [9.17, 15) is 24.5 Å². The number of hydrogen-bond acceptors (Lipinski definition) is 6. The summed E-state index contributed by atoms with van der Waals surface area (Å²) in [7, 11) is 0. The summed E-state index contributed by atoms with van der Waals surface area (Å²) in [6.45, 7) is 0.619. The third kappa shape index (κ3) is 2.23. The number of rotatable bonds is 2. The van der Waals surface area contributed by atoms with Gasteiger partial charge in [-0.15, -0.1) is 0 Å². The van der Waals surface area contributed by atoms with Crippen LogP contribution in [0.15, 0.2) is 46.9 Å². The Morgan fingerprint density at radius 1 is 1.12 bits per heavy atom. The standard InChI is InChI=1S/C22H17BrN4O5/c23-11-6-7-15-14(9-11)22(21(30)24-15)18-17(16-5-2-8-25(16)22)19(28)26(20(18)29)12-3-1-4-13(10-12)27(31)32/h1,3-4,6-7,9-10,16-18H,2,5,8H2,(H,24,30)/t16-,17-,18+,22-/m1/s1. The fourth-order valence-corrected chi connectivity index (χ4v) is 6.54. The number of non-ortho nitro benzene ring substituents is 1. The summed E-state index contributed by atoms with van der Waals surface area (Å²) in [6, 6.07) is 10.7. The third-order valence-corrected chi connectivity index (χ3v) is 7.75. The molecule has 4 aliphatic heterocycles. The number of fused-ring (bicyclic) bond motifs is 7. The van der Waals surface area contributed by atoms with Gasteiger partial charge in [0.05, 0.1) is 22.4 Å². The molecule has 0 aliphatic carbocycles. The molecule has 3 fully saturated rings. The molecule has 10 heteroatoms. The molecule has 3 saturated heterocycles. The van der Waals surface area contributed by atoms with Gasteiger partial charge in [0.15, 0.2) is 0 Å². The number of amides is 3. The van der Waals surface area contributed by atoms with Crippen molar-refractivity contribution < 1.29 is 19.3 Å². The van der Waals surface area contributed by atoms with Crippen LogP contribution in [-0.2, 0) is 19.9 Å². The minimum absolute atomic E-state index is 0.163. The van der Waals surface area contributed by atoms with Crippen LogP contribution in [0.5, 0.6) is 0 Å². The second-order valence-corrected chi connectivity index (χ2v) is 9.52. The molecular formula is C22H17BrN4O5. The van der Waals surface area contributed by atoms with Crippen molar-refractivity contribution in [2.24, 2.45) is 11.8 Å². The zero-order chi connectivity index (χ0) is 22.4. The third-order valence-electron chi connectivity index (χ3n) is 7.25. The van der Waals surface area contributed by atoms with Crippen LogP contribution in [0.25, 0.3) is 0 Å². The van der Waals surface area contributed by atoms with E-state index in [1.807, 2.05) is 17.0 Å². The lowest BCUT2D eigenvalue weighted by atomic mass is 9.75. The van der Waals surface area contributed by atoms with Crippen LogP contribution in [0.1, 0.15) is 18.4 Å². The SMILES string of the molecule is O=C1[C@@H]2[C@H]3CCCN3[C@@]3(C(=O)Nc4ccc(Br)cc43)[C@@H]2C(=O)N1c1cccc([N+](=O)[O-])c1. The molecule has 9 nitrogen and oxygen atoms in total. The summed E-state index contributed by atoms with van der Waals surface area (Å²) in [5.74, 6) is -2.76. The Hall–Kier alpha value is -3.11. The molecule has 0 aromatic heterocycles. The average molecular weight is 497 g/mol. The van der Waals surface area contributed by atoms with E-state index in [0.29, 0.717) is 24.2 Å². The fraction of sp³-hybridized carbons (Fsp3) is 0.318. The highest BCUT2D eigenvalue weighted by atomic mass is 79.9. The first-order chi connectivity index (χ1) is 15.4. The van der Waals surface area contributed by atoms with Crippen LogP contribution in [0.3, 0.4) is 0 Å². The molecule has 4 heterocycles. The van der Waals surface area contributed by atoms with Gasteiger partial charge in [0, 0.05) is 33.9 Å². The van der Waals surface area contributed by atoms with Crippen molar-refractivity contribution >= 4 is 50.7 Å². The first-order valence-corrected chi connectivity index (χ1v) is 11.2. The molecule has 32 heavy (non-hydrogen) atoms. The maximum Gasteiger partial charge on any atom is 0.271 e. The summed E-state index contributed by atoms with van der Waals surface area (Å²) in [6.07, 6.45) is 1.53. The lowest BCUT2D eigenvalue weighted by Crippen LogP contribution is -2.54. The Morgan fingerprint density at radius 3 is 2.72 bits per heavy atom. The predicted molar refractivity (Wildman–Crippen MR) is 117 cm³/mol. The van der Waals surface area contributed by atoms with E-state index < -0.39 is 34.1 Å². The first kappa shape index (κ1) is 19.6. The second kappa shape index (κ2) is 6.46. The van der Waals surface area contributed by atoms with E-state index in [4.69, 9.17) is 0 Å². The van der Waals surface area contributed by atoms with Gasteiger partial charge in [-0.25, -0.2) is 4.90 Å². The van der Waals surface area contributed by atoms with Crippen molar-refractivity contribution in [3.63, 3.8) is 0 Å². The molecule has 0 bridgehead atoms. The Kier molecular flexibility index (Phi) is 3.95. The number of imide groups is 1. The van der Waals surface area contributed by atoms with Crippen LogP contribution in [0.4, 0.5) is 17.1 Å². The monoisotopic (exact) mass is 496 g/mol. The Morgan fingerprint density at radius 2 is 1.94 bits per heavy atom. The quantitative estimate of drug-likeness (QED) is 0.388. The van der Waals surface area contributed by atoms with Crippen LogP contribution < -0.4 is 10.2 Å². The van der Waals surface area contributed by atoms with E-state index in [-0.39, 0.29) is 23.3 Å². The maximum absolute atomic E-state index is 13.8. The lowest BCUT2D eigenvalue weighted by Gasteiger charge is -2.36. The molecule has 2 aromatic carbocycles. The zero-order valence-electron chi connectivity index (χ0n) is 16.7. The van der Waals surface area contributed by atoms with Crippen molar-refractivity contribution in [2.75, 3.05) is 16.8 Å². The number of benzene rings is 2. The van der Waals surface area contributed by atoms with Gasteiger partial charge in [0.1, 0.15) is 5.54 Å². The number of carbonyl (C=O) groups is 3. The van der Waals surface area contributed by atoms with Gasteiger partial charge in [0.2, 0.25) is 17.7 Å². The van der Waals surface area contributed by atoms with Crippen molar-refractivity contribution in [3.8, 4) is 0 Å². The smallest absolute Gasteiger partial charge is 0.271 e. The van der Waals surface area contributed by atoms with Gasteiger partial charge in [-0.2, -0.15) is 0 Å². The minimum atomic E-state index is -1.27. The number of anilines is 2. The number of halogens is 1. The normalized spacial score (nSPS) is 30.6. The van der Waals surface area contributed by atoms with Crippen molar-refractivity contribution in [3.05, 3.63) is 62.6 Å². The van der Waals surface area contributed by atoms with Crippen molar-refractivity contribution in [1.82, 2.24) is 4.90 Å². The summed E-state index contributed by atoms with van der Waals surface area (Å²) in [4.78, 5) is 54.8. The molecule has 1 N–H and O–H groups in total. The summed E-state index contributed by atoms with van der Waals surface area (Å²) in [5.41, 5.74) is 0.0194. The van der Waals surface area contributed by atoms with E-state index in [0.717, 1.165) is 15.8 Å². The lowest BCUT2D eigenvalue weighted by molar-refractivity contribution is -0.384. The molecule has 0 unspecified atom stereocenters. The predicted octanol–water partition coefficient (Wildman–Crippen LogP) is 2.79. The van der Waals surface area contributed by atoms with E-state index >= 15 is 0 Å². The summed E-state index contributed by atoms with van der Waals surface area (Å²) >= 11 is 3.47. The highest BCUT2D eigenvalue weighted by molar-refractivity contribution is 9.10. The number of hydrogen-bond donors (Lipinski definition) is 1. The summed E-state index contributed by atoms with van der Waals surface area (Å²) in [5, 5.41) is 14.2. The minimum Gasteiger partial charge on any atom is -0.324 e. The van der Waals surface area contributed by atoms with Crippen LogP contribution in [-0.4, -0.2) is 40.1 Å². The fourth-order valence-electron chi connectivity index (χ4n) is 6.18. The van der Waals surface area contributed by atoms with E-state index in [2.05, 4.69) is 21.2 Å². The first-order valence-electron chi connectivity index (χ1n) is 10.4. The summed E-state index contributed by atoms with van der Waals surface area (Å²) < 4.78 is 0.777. The number of carbonyl (C=O) groups excluding carboxylic acids is 3. The zero-order valence-corrected chi connectivity index (χ0v) is 18.2. The molecule has 0 radical (unpaired) electrons. The van der Waals surface area contributed by atoms with Crippen LogP contribution in [0.2, 0.25) is 0 Å². The van der Waals surface area contributed by atoms with Gasteiger partial charge >= 0.3 is 0 Å². The highest BCUT2D eigenvalue weighted by Gasteiger charge is 2.74. The molecular weight excluding hydrogens is 480 g/mol. The average Bonchev–Trinajstić information content (AvgIpc) is 3.46. The molecule has 0 saturated carbocycles. The van der Waals surface area contributed by atoms with Gasteiger partial charge in [-0.3, -0.25) is 29.4 Å². The largest absolute Gasteiger partial charge is 0.324 e. The topological polar surface area (TPSA) is 113 Å². The maximum atomic E-state index is 13.8. The molecule has 6 rings (SSSR count). The Bertz CT molecular complexity index is 1250. The Balaban J connectivity index is 1.54. The molecule has 2 aromatic rings. The van der Waals surface area contributed by atoms with Crippen LogP contribution >= 0.6 is 15.9 Å². The van der Waals surface area contributed by atoms with Crippen LogP contribution in [0, 0.1) is 22.0 Å². The van der Waals surface area contributed by atoms with E-state index in [1.165, 1.54) is 24.3 Å². The molecule has 162 valence electrons. The molecule has 3 amide bonds. The van der Waals surface area contributed by atoms with Gasteiger partial charge in [-0.05, 0) is 43.7 Å². The molecule has 1 spiro atoms. The van der Waals surface area contributed by atoms with Crippen molar-refractivity contribution in [2.45, 2.75) is 24.4 Å². The highest BCUT2D eigenvalue weighted by Crippen LogP contribution is 2.60. The second-order valence-electron chi connectivity index (χ2n) is 8.61. The van der Waals surface area contributed by atoms with Gasteiger partial charge < -0.3 is 5.32 Å². The number of nitro groups is 1. The van der Waals surface area contributed by atoms with Gasteiger partial charge in [0.25, 0.3) is 5.69 Å². The molecule has 4 aliphatic rings. The molecule has 4 atom stereocenters. The number of nitrogens with zero attached hydrogens (tertiary/aromatic N) is 3.